The molecule has 1 aliphatic rings. The van der Waals surface area contributed by atoms with Crippen LogP contribution in [0.15, 0.2) is 12.2 Å². The maximum Gasteiger partial charge on any atom is 0.0202 e. The van der Waals surface area contributed by atoms with Crippen LogP contribution in [0.2, 0.25) is 0 Å². The number of hydrogen-bond donors (Lipinski definition) is 1. The van der Waals surface area contributed by atoms with Gasteiger partial charge in [-0.25, -0.2) is 0 Å². The molecule has 0 aromatic heterocycles. The first-order valence-corrected chi connectivity index (χ1v) is 7.32. The Hall–Kier alpha value is -0.340. The molecule has 0 bridgehead atoms. The van der Waals surface area contributed by atoms with Crippen LogP contribution in [-0.4, -0.2) is 36.6 Å². The molecule has 0 aromatic rings. The quantitative estimate of drug-likeness (QED) is 0.771. The van der Waals surface area contributed by atoms with Crippen LogP contribution in [0.4, 0.5) is 0 Å². The van der Waals surface area contributed by atoms with Crippen molar-refractivity contribution in [1.82, 2.24) is 10.2 Å². The van der Waals surface area contributed by atoms with Crippen molar-refractivity contribution in [2.75, 3.05) is 26.2 Å². The fourth-order valence-corrected chi connectivity index (χ4v) is 2.40. The molecule has 0 aromatic carbocycles. The maximum atomic E-state index is 4.21. The number of nitrogens with one attached hydrogen (secondary N) is 1. The lowest BCUT2D eigenvalue weighted by Crippen LogP contribution is -2.39. The van der Waals surface area contributed by atoms with E-state index in [0.29, 0.717) is 5.41 Å². The Morgan fingerprint density at radius 3 is 2.50 bits per heavy atom. The lowest BCUT2D eigenvalue weighted by Gasteiger charge is -2.26. The standard InChI is InChI=1S/C16H32N2/c1-14(12-17-15(2,3)4)13-18-10-7-8-16(5,6)9-11-18/h17H,1,7-13H2,2-6H3. The average molecular weight is 252 g/mol. The molecular weight excluding hydrogens is 220 g/mol. The Kier molecular flexibility index (Phi) is 5.42. The van der Waals surface area contributed by atoms with Gasteiger partial charge in [0.15, 0.2) is 0 Å². The van der Waals surface area contributed by atoms with Crippen LogP contribution in [0.5, 0.6) is 0 Å². The Morgan fingerprint density at radius 1 is 1.22 bits per heavy atom. The highest BCUT2D eigenvalue weighted by atomic mass is 15.1. The molecule has 0 unspecified atom stereocenters. The van der Waals surface area contributed by atoms with Crippen molar-refractivity contribution < 1.29 is 0 Å². The summed E-state index contributed by atoms with van der Waals surface area (Å²) in [5.74, 6) is 0. The van der Waals surface area contributed by atoms with Crippen molar-refractivity contribution >= 4 is 0 Å². The highest BCUT2D eigenvalue weighted by molar-refractivity contribution is 5.01. The van der Waals surface area contributed by atoms with Crippen molar-refractivity contribution in [2.45, 2.75) is 59.4 Å². The molecule has 106 valence electrons. The Bertz CT molecular complexity index is 273. The minimum Gasteiger partial charge on any atom is -0.308 e. The van der Waals surface area contributed by atoms with Crippen molar-refractivity contribution in [3.05, 3.63) is 12.2 Å². The minimum absolute atomic E-state index is 0.184. The highest BCUT2D eigenvalue weighted by Gasteiger charge is 2.23. The summed E-state index contributed by atoms with van der Waals surface area (Å²) >= 11 is 0. The Labute approximate surface area is 114 Å². The van der Waals surface area contributed by atoms with Crippen LogP contribution in [0.1, 0.15) is 53.9 Å². The normalized spacial score (nSPS) is 21.6. The van der Waals surface area contributed by atoms with Gasteiger partial charge in [0.1, 0.15) is 0 Å². The van der Waals surface area contributed by atoms with E-state index in [9.17, 15) is 0 Å². The monoisotopic (exact) mass is 252 g/mol. The molecule has 1 aliphatic heterocycles. The highest BCUT2D eigenvalue weighted by Crippen LogP contribution is 2.29. The largest absolute Gasteiger partial charge is 0.308 e. The van der Waals surface area contributed by atoms with Crippen molar-refractivity contribution in [3.63, 3.8) is 0 Å². The molecule has 0 atom stereocenters. The Balaban J connectivity index is 2.32. The molecular formula is C16H32N2. The van der Waals surface area contributed by atoms with Gasteiger partial charge in [-0.2, -0.15) is 0 Å². The maximum absolute atomic E-state index is 4.21. The fraction of sp³-hybridized carbons (Fsp3) is 0.875. The molecule has 0 radical (unpaired) electrons. The van der Waals surface area contributed by atoms with Gasteiger partial charge in [-0.05, 0) is 64.1 Å². The summed E-state index contributed by atoms with van der Waals surface area (Å²) in [5, 5.41) is 3.52. The average Bonchev–Trinajstić information content (AvgIpc) is 2.37. The third kappa shape index (κ3) is 6.55. The lowest BCUT2D eigenvalue weighted by molar-refractivity contribution is 0.275. The fourth-order valence-electron chi connectivity index (χ4n) is 2.40. The van der Waals surface area contributed by atoms with Crippen LogP contribution in [0.3, 0.4) is 0 Å². The second-order valence-electron chi connectivity index (χ2n) is 7.65. The summed E-state index contributed by atoms with van der Waals surface area (Å²) in [6.07, 6.45) is 4.00. The zero-order valence-electron chi connectivity index (χ0n) is 13.1. The Morgan fingerprint density at radius 2 is 1.89 bits per heavy atom. The molecule has 1 rings (SSSR count). The molecule has 2 heteroatoms. The lowest BCUT2D eigenvalue weighted by atomic mass is 9.85. The SMILES string of the molecule is C=C(CNC(C)(C)C)CN1CCCC(C)(C)CC1. The van der Waals surface area contributed by atoms with Crippen LogP contribution in [0, 0.1) is 5.41 Å². The van der Waals surface area contributed by atoms with Gasteiger partial charge in [-0.15, -0.1) is 0 Å². The van der Waals surface area contributed by atoms with Crippen LogP contribution in [0.25, 0.3) is 0 Å². The number of hydrogen-bond acceptors (Lipinski definition) is 2. The summed E-state index contributed by atoms with van der Waals surface area (Å²) in [5.41, 5.74) is 2.02. The van der Waals surface area contributed by atoms with Gasteiger partial charge in [0.05, 0.1) is 0 Å². The topological polar surface area (TPSA) is 15.3 Å². The first-order valence-electron chi connectivity index (χ1n) is 7.32. The molecule has 1 saturated heterocycles. The summed E-state index contributed by atoms with van der Waals surface area (Å²) < 4.78 is 0. The summed E-state index contributed by atoms with van der Waals surface area (Å²) in [6, 6.07) is 0. The van der Waals surface area contributed by atoms with Gasteiger partial charge in [0.25, 0.3) is 0 Å². The summed E-state index contributed by atoms with van der Waals surface area (Å²) in [7, 11) is 0. The second kappa shape index (κ2) is 6.21. The van der Waals surface area contributed by atoms with E-state index in [1.807, 2.05) is 0 Å². The molecule has 1 heterocycles. The van der Waals surface area contributed by atoms with Crippen LogP contribution in [-0.2, 0) is 0 Å². The first-order chi connectivity index (χ1) is 8.18. The number of rotatable bonds is 4. The third-order valence-electron chi connectivity index (χ3n) is 3.75. The zero-order valence-corrected chi connectivity index (χ0v) is 13.1. The molecule has 1 N–H and O–H groups in total. The molecule has 2 nitrogen and oxygen atoms in total. The van der Waals surface area contributed by atoms with E-state index in [1.54, 1.807) is 0 Å². The van der Waals surface area contributed by atoms with Gasteiger partial charge in [0.2, 0.25) is 0 Å². The molecule has 0 aliphatic carbocycles. The van der Waals surface area contributed by atoms with Gasteiger partial charge >= 0.3 is 0 Å². The van der Waals surface area contributed by atoms with Crippen LogP contribution < -0.4 is 5.32 Å². The van der Waals surface area contributed by atoms with Crippen LogP contribution >= 0.6 is 0 Å². The van der Waals surface area contributed by atoms with E-state index in [1.165, 1.54) is 37.9 Å². The van der Waals surface area contributed by atoms with Crippen molar-refractivity contribution in [1.29, 1.82) is 0 Å². The van der Waals surface area contributed by atoms with Gasteiger partial charge in [0, 0.05) is 18.6 Å². The van der Waals surface area contributed by atoms with E-state index in [0.717, 1.165) is 13.1 Å². The minimum atomic E-state index is 0.184. The van der Waals surface area contributed by atoms with E-state index >= 15 is 0 Å². The van der Waals surface area contributed by atoms with E-state index in [4.69, 9.17) is 0 Å². The number of nitrogens with zero attached hydrogens (tertiary/aromatic N) is 1. The van der Waals surface area contributed by atoms with Gasteiger partial charge < -0.3 is 5.32 Å². The molecule has 0 spiro atoms. The summed E-state index contributed by atoms with van der Waals surface area (Å²) in [4.78, 5) is 2.57. The predicted molar refractivity (Wildman–Crippen MR) is 81.0 cm³/mol. The van der Waals surface area contributed by atoms with Gasteiger partial charge in [-0.3, -0.25) is 4.90 Å². The summed E-state index contributed by atoms with van der Waals surface area (Å²) in [6.45, 7) is 20.1. The predicted octanol–water partition coefficient (Wildman–Crippen LogP) is 3.44. The molecule has 18 heavy (non-hydrogen) atoms. The van der Waals surface area contributed by atoms with E-state index in [2.05, 4.69) is 51.4 Å². The van der Waals surface area contributed by atoms with Gasteiger partial charge in [-0.1, -0.05) is 20.4 Å². The molecule has 0 saturated carbocycles. The van der Waals surface area contributed by atoms with Crippen molar-refractivity contribution in [3.8, 4) is 0 Å². The van der Waals surface area contributed by atoms with E-state index < -0.39 is 0 Å². The molecule has 0 amide bonds. The number of likely N-dealkylation sites (tertiary alicyclic amines) is 1. The van der Waals surface area contributed by atoms with Crippen molar-refractivity contribution in [2.24, 2.45) is 5.41 Å². The smallest absolute Gasteiger partial charge is 0.0202 e. The third-order valence-corrected chi connectivity index (χ3v) is 3.75. The first kappa shape index (κ1) is 15.7. The second-order valence-corrected chi connectivity index (χ2v) is 7.65. The zero-order chi connectivity index (χ0) is 13.8. The van der Waals surface area contributed by atoms with E-state index in [-0.39, 0.29) is 5.54 Å². The molecule has 1 fully saturated rings.